The van der Waals surface area contributed by atoms with Gasteiger partial charge in [0.2, 0.25) is 0 Å². The summed E-state index contributed by atoms with van der Waals surface area (Å²) in [6.07, 6.45) is 1.69. The molecule has 0 saturated heterocycles. The summed E-state index contributed by atoms with van der Waals surface area (Å²) in [4.78, 5) is 4.59. The average Bonchev–Trinajstić information content (AvgIpc) is 2.46. The first-order valence-corrected chi connectivity index (χ1v) is 7.49. The highest BCUT2D eigenvalue weighted by Gasteiger charge is 2.10. The minimum absolute atomic E-state index is 0.126. The fourth-order valence-electron chi connectivity index (χ4n) is 2.23. The molecule has 0 aliphatic heterocycles. The van der Waals surface area contributed by atoms with E-state index < -0.39 is 0 Å². The van der Waals surface area contributed by atoms with Crippen LogP contribution in [0.2, 0.25) is 0 Å². The monoisotopic (exact) mass is 284 g/mol. The molecule has 0 amide bonds. The molecule has 0 spiro atoms. The van der Waals surface area contributed by atoms with Gasteiger partial charge in [-0.15, -0.1) is 0 Å². The molecule has 1 aromatic carbocycles. The summed E-state index contributed by atoms with van der Waals surface area (Å²) < 4.78 is 5.96. The number of ether oxygens (including phenoxy) is 1. The Labute approximate surface area is 127 Å². The molecule has 0 radical (unpaired) electrons. The van der Waals surface area contributed by atoms with Crippen molar-refractivity contribution < 1.29 is 4.74 Å². The minimum Gasteiger partial charge on any atom is -0.487 e. The summed E-state index contributed by atoms with van der Waals surface area (Å²) in [5, 5.41) is 0. The molecule has 1 atom stereocenters. The summed E-state index contributed by atoms with van der Waals surface area (Å²) in [5.74, 6) is 0.839. The Morgan fingerprint density at radius 2 is 2.00 bits per heavy atom. The SMILES string of the molecule is CCC(N)Cc1nc(C)ccc1OCc1cccc(C)c1. The van der Waals surface area contributed by atoms with Gasteiger partial charge in [-0.1, -0.05) is 36.8 Å². The van der Waals surface area contributed by atoms with Crippen molar-refractivity contribution in [2.24, 2.45) is 5.73 Å². The predicted octanol–water partition coefficient (Wildman–Crippen LogP) is 3.56. The van der Waals surface area contributed by atoms with Crippen LogP contribution in [0.15, 0.2) is 36.4 Å². The van der Waals surface area contributed by atoms with Gasteiger partial charge in [-0.25, -0.2) is 0 Å². The van der Waals surface area contributed by atoms with Gasteiger partial charge in [0, 0.05) is 18.2 Å². The van der Waals surface area contributed by atoms with E-state index in [0.717, 1.165) is 30.0 Å². The van der Waals surface area contributed by atoms with Crippen LogP contribution < -0.4 is 10.5 Å². The molecule has 1 heterocycles. The molecule has 0 aliphatic carbocycles. The van der Waals surface area contributed by atoms with Crippen molar-refractivity contribution in [2.75, 3.05) is 0 Å². The molecule has 0 aliphatic rings. The zero-order valence-corrected chi connectivity index (χ0v) is 13.1. The van der Waals surface area contributed by atoms with E-state index in [1.54, 1.807) is 0 Å². The Bertz CT molecular complexity index is 596. The highest BCUT2D eigenvalue weighted by Crippen LogP contribution is 2.20. The van der Waals surface area contributed by atoms with Crippen LogP contribution in [-0.2, 0) is 13.0 Å². The van der Waals surface area contributed by atoms with E-state index in [1.807, 2.05) is 19.1 Å². The minimum atomic E-state index is 0.126. The Kier molecular flexibility index (Phi) is 5.34. The Balaban J connectivity index is 2.11. The van der Waals surface area contributed by atoms with E-state index in [9.17, 15) is 0 Å². The lowest BCUT2D eigenvalue weighted by Gasteiger charge is -2.14. The first-order chi connectivity index (χ1) is 10.1. The molecule has 0 saturated carbocycles. The van der Waals surface area contributed by atoms with Gasteiger partial charge in [-0.05, 0) is 38.0 Å². The van der Waals surface area contributed by atoms with Crippen molar-refractivity contribution in [1.82, 2.24) is 4.98 Å². The van der Waals surface area contributed by atoms with Gasteiger partial charge in [0.1, 0.15) is 12.4 Å². The zero-order valence-electron chi connectivity index (χ0n) is 13.1. The number of pyridine rings is 1. The molecular weight excluding hydrogens is 260 g/mol. The van der Waals surface area contributed by atoms with E-state index in [4.69, 9.17) is 10.5 Å². The second kappa shape index (κ2) is 7.23. The standard InChI is InChI=1S/C18H24N2O/c1-4-16(19)11-17-18(9-8-14(3)20-17)21-12-15-7-5-6-13(2)10-15/h5-10,16H,4,11-12,19H2,1-3H3. The van der Waals surface area contributed by atoms with Crippen molar-refractivity contribution in [3.05, 3.63) is 58.9 Å². The molecule has 112 valence electrons. The lowest BCUT2D eigenvalue weighted by atomic mass is 10.1. The molecule has 0 fully saturated rings. The van der Waals surface area contributed by atoms with Crippen LogP contribution in [0.5, 0.6) is 5.75 Å². The fraction of sp³-hybridized carbons (Fsp3) is 0.389. The van der Waals surface area contributed by atoms with E-state index >= 15 is 0 Å². The van der Waals surface area contributed by atoms with Gasteiger partial charge in [-0.3, -0.25) is 4.98 Å². The Morgan fingerprint density at radius 3 is 2.71 bits per heavy atom. The van der Waals surface area contributed by atoms with Crippen molar-refractivity contribution in [3.8, 4) is 5.75 Å². The summed E-state index contributed by atoms with van der Waals surface area (Å²) in [6.45, 7) is 6.72. The average molecular weight is 284 g/mol. The van der Waals surface area contributed by atoms with Crippen molar-refractivity contribution in [1.29, 1.82) is 0 Å². The number of hydrogen-bond acceptors (Lipinski definition) is 3. The summed E-state index contributed by atoms with van der Waals surface area (Å²) in [7, 11) is 0. The van der Waals surface area contributed by atoms with Crippen LogP contribution in [0.3, 0.4) is 0 Å². The third-order valence-corrected chi connectivity index (χ3v) is 3.53. The number of aryl methyl sites for hydroxylation is 2. The fourth-order valence-corrected chi connectivity index (χ4v) is 2.23. The highest BCUT2D eigenvalue weighted by atomic mass is 16.5. The first-order valence-electron chi connectivity index (χ1n) is 7.49. The maximum absolute atomic E-state index is 6.06. The number of nitrogens with two attached hydrogens (primary N) is 1. The molecule has 2 rings (SSSR count). The predicted molar refractivity (Wildman–Crippen MR) is 86.5 cm³/mol. The molecule has 3 heteroatoms. The number of rotatable bonds is 6. The van der Waals surface area contributed by atoms with Gasteiger partial charge in [0.25, 0.3) is 0 Å². The molecule has 2 aromatic rings. The smallest absolute Gasteiger partial charge is 0.141 e. The molecule has 1 aromatic heterocycles. The van der Waals surface area contributed by atoms with E-state index in [2.05, 4.69) is 43.1 Å². The van der Waals surface area contributed by atoms with E-state index in [0.29, 0.717) is 6.61 Å². The molecule has 21 heavy (non-hydrogen) atoms. The van der Waals surface area contributed by atoms with E-state index in [1.165, 1.54) is 11.1 Å². The number of nitrogens with zero attached hydrogens (tertiary/aromatic N) is 1. The number of aromatic nitrogens is 1. The van der Waals surface area contributed by atoms with Gasteiger partial charge in [0.15, 0.2) is 0 Å². The first kappa shape index (κ1) is 15.5. The van der Waals surface area contributed by atoms with Gasteiger partial charge in [0.05, 0.1) is 5.69 Å². The van der Waals surface area contributed by atoms with Crippen LogP contribution in [-0.4, -0.2) is 11.0 Å². The topological polar surface area (TPSA) is 48.1 Å². The van der Waals surface area contributed by atoms with Gasteiger partial charge >= 0.3 is 0 Å². The summed E-state index contributed by atoms with van der Waals surface area (Å²) >= 11 is 0. The third kappa shape index (κ3) is 4.57. The lowest BCUT2D eigenvalue weighted by Crippen LogP contribution is -2.22. The van der Waals surface area contributed by atoms with E-state index in [-0.39, 0.29) is 6.04 Å². The molecule has 3 nitrogen and oxygen atoms in total. The van der Waals surface area contributed by atoms with Crippen LogP contribution in [0.1, 0.15) is 35.9 Å². The van der Waals surface area contributed by atoms with Crippen LogP contribution in [0.25, 0.3) is 0 Å². The van der Waals surface area contributed by atoms with Crippen LogP contribution >= 0.6 is 0 Å². The van der Waals surface area contributed by atoms with Crippen molar-refractivity contribution in [3.63, 3.8) is 0 Å². The maximum Gasteiger partial charge on any atom is 0.141 e. The summed E-state index contributed by atoms with van der Waals surface area (Å²) in [5.41, 5.74) is 10.4. The molecule has 1 unspecified atom stereocenters. The zero-order chi connectivity index (χ0) is 15.2. The maximum atomic E-state index is 6.06. The molecule has 0 bridgehead atoms. The third-order valence-electron chi connectivity index (χ3n) is 3.53. The van der Waals surface area contributed by atoms with Crippen molar-refractivity contribution >= 4 is 0 Å². The lowest BCUT2D eigenvalue weighted by molar-refractivity contribution is 0.300. The molecule has 2 N–H and O–H groups in total. The summed E-state index contributed by atoms with van der Waals surface area (Å²) in [6, 6.07) is 12.5. The normalized spacial score (nSPS) is 12.2. The number of benzene rings is 1. The second-order valence-electron chi connectivity index (χ2n) is 5.55. The van der Waals surface area contributed by atoms with Gasteiger partial charge in [-0.2, -0.15) is 0 Å². The van der Waals surface area contributed by atoms with Crippen molar-refractivity contribution in [2.45, 2.75) is 46.3 Å². The largest absolute Gasteiger partial charge is 0.487 e. The highest BCUT2D eigenvalue weighted by molar-refractivity contribution is 5.31. The van der Waals surface area contributed by atoms with Crippen LogP contribution in [0, 0.1) is 13.8 Å². The Morgan fingerprint density at radius 1 is 1.19 bits per heavy atom. The Hall–Kier alpha value is -1.87. The van der Waals surface area contributed by atoms with Crippen LogP contribution in [0.4, 0.5) is 0 Å². The molecular formula is C18H24N2O. The van der Waals surface area contributed by atoms with Gasteiger partial charge < -0.3 is 10.5 Å². The number of hydrogen-bond donors (Lipinski definition) is 1. The quantitative estimate of drug-likeness (QED) is 0.882. The second-order valence-corrected chi connectivity index (χ2v) is 5.55.